The van der Waals surface area contributed by atoms with E-state index in [-0.39, 0.29) is 23.6 Å². The second-order valence-electron chi connectivity index (χ2n) is 5.56. The van der Waals surface area contributed by atoms with Gasteiger partial charge < -0.3 is 21.1 Å². The first-order chi connectivity index (χ1) is 12.4. The number of phenols is 2. The monoisotopic (exact) mass is 354 g/mol. The Balaban J connectivity index is 0.000000187. The SMILES string of the molecule is NC(Cc1ccc(O)cc1)C(=O)O.O=Nc1ccc2ccccc2c1O. The standard InChI is InChI=1S/C10H7NO2.C9H11NO3/c12-10-8-4-2-1-3-7(8)5-6-9(10)11-13;10-8(9(12)13)5-6-1-3-7(11)4-2-6/h1-6,12H;1-4,8,11H,5,10H2,(H,12,13). The molecular weight excluding hydrogens is 336 g/mol. The van der Waals surface area contributed by atoms with Gasteiger partial charge >= 0.3 is 5.97 Å². The highest BCUT2D eigenvalue weighted by atomic mass is 16.4. The summed E-state index contributed by atoms with van der Waals surface area (Å²) >= 11 is 0. The van der Waals surface area contributed by atoms with Crippen molar-refractivity contribution in [3.8, 4) is 11.5 Å². The summed E-state index contributed by atoms with van der Waals surface area (Å²) in [6.45, 7) is 0. The highest BCUT2D eigenvalue weighted by Gasteiger charge is 2.11. The van der Waals surface area contributed by atoms with Gasteiger partial charge in [-0.05, 0) is 40.7 Å². The fraction of sp³-hybridized carbons (Fsp3) is 0.105. The Morgan fingerprint density at radius 2 is 1.65 bits per heavy atom. The van der Waals surface area contributed by atoms with Crippen molar-refractivity contribution in [2.24, 2.45) is 10.9 Å². The molecular formula is C19H18N2O5. The number of benzene rings is 3. The topological polar surface area (TPSA) is 133 Å². The van der Waals surface area contributed by atoms with E-state index < -0.39 is 12.0 Å². The molecule has 0 saturated heterocycles. The number of aromatic hydroxyl groups is 2. The molecule has 0 saturated carbocycles. The summed E-state index contributed by atoms with van der Waals surface area (Å²) in [5.74, 6) is -0.908. The highest BCUT2D eigenvalue weighted by Crippen LogP contribution is 2.33. The summed E-state index contributed by atoms with van der Waals surface area (Å²) in [6, 6.07) is 16.0. The van der Waals surface area contributed by atoms with Gasteiger partial charge in [-0.15, -0.1) is 4.91 Å². The Bertz CT molecular complexity index is 909. The van der Waals surface area contributed by atoms with Crippen LogP contribution >= 0.6 is 0 Å². The smallest absolute Gasteiger partial charge is 0.320 e. The molecule has 134 valence electrons. The first kappa shape index (κ1) is 18.9. The molecule has 1 atom stereocenters. The number of hydrogen-bond acceptors (Lipinski definition) is 6. The Morgan fingerprint density at radius 1 is 1.00 bits per heavy atom. The molecule has 7 nitrogen and oxygen atoms in total. The summed E-state index contributed by atoms with van der Waals surface area (Å²) in [4.78, 5) is 20.7. The molecule has 26 heavy (non-hydrogen) atoms. The summed E-state index contributed by atoms with van der Waals surface area (Å²) < 4.78 is 0. The number of fused-ring (bicyclic) bond motifs is 1. The molecule has 0 amide bonds. The fourth-order valence-corrected chi connectivity index (χ4v) is 2.29. The second-order valence-corrected chi connectivity index (χ2v) is 5.56. The Hall–Kier alpha value is -3.45. The third kappa shape index (κ3) is 4.78. The number of carboxylic acids is 1. The van der Waals surface area contributed by atoms with E-state index in [4.69, 9.17) is 15.9 Å². The molecule has 0 fully saturated rings. The lowest BCUT2D eigenvalue weighted by Gasteiger charge is -2.05. The number of nitrogens with zero attached hydrogens (tertiary/aromatic N) is 1. The summed E-state index contributed by atoms with van der Waals surface area (Å²) in [5, 5.41) is 31.3. The van der Waals surface area contributed by atoms with Crippen molar-refractivity contribution in [1.82, 2.24) is 0 Å². The van der Waals surface area contributed by atoms with Crippen LogP contribution in [0.4, 0.5) is 5.69 Å². The minimum Gasteiger partial charge on any atom is -0.508 e. The van der Waals surface area contributed by atoms with Crippen LogP contribution in [-0.2, 0) is 11.2 Å². The molecule has 5 N–H and O–H groups in total. The van der Waals surface area contributed by atoms with Crippen LogP contribution in [0.25, 0.3) is 10.8 Å². The van der Waals surface area contributed by atoms with Crippen LogP contribution in [-0.4, -0.2) is 27.3 Å². The molecule has 0 aromatic heterocycles. The third-order valence-corrected chi connectivity index (χ3v) is 3.69. The van der Waals surface area contributed by atoms with Gasteiger partial charge in [-0.2, -0.15) is 0 Å². The van der Waals surface area contributed by atoms with Crippen LogP contribution in [0.1, 0.15) is 5.56 Å². The first-order valence-corrected chi connectivity index (χ1v) is 7.72. The number of nitroso groups, excluding NO2 is 1. The van der Waals surface area contributed by atoms with E-state index in [9.17, 15) is 14.8 Å². The van der Waals surface area contributed by atoms with Crippen LogP contribution in [0.15, 0.2) is 65.8 Å². The average Bonchev–Trinajstić information content (AvgIpc) is 2.64. The van der Waals surface area contributed by atoms with Crippen molar-refractivity contribution < 1.29 is 20.1 Å². The van der Waals surface area contributed by atoms with Gasteiger partial charge in [-0.25, -0.2) is 0 Å². The lowest BCUT2D eigenvalue weighted by atomic mass is 10.1. The zero-order valence-electron chi connectivity index (χ0n) is 13.7. The van der Waals surface area contributed by atoms with Crippen molar-refractivity contribution >= 4 is 22.4 Å². The highest BCUT2D eigenvalue weighted by molar-refractivity contribution is 5.92. The van der Waals surface area contributed by atoms with E-state index in [1.165, 1.54) is 18.2 Å². The predicted octanol–water partition coefficient (Wildman–Crippen LogP) is 3.29. The number of rotatable bonds is 4. The molecule has 7 heteroatoms. The molecule has 0 heterocycles. The summed E-state index contributed by atoms with van der Waals surface area (Å²) in [5.41, 5.74) is 6.21. The quantitative estimate of drug-likeness (QED) is 0.531. The van der Waals surface area contributed by atoms with Crippen molar-refractivity contribution in [2.45, 2.75) is 12.5 Å². The van der Waals surface area contributed by atoms with Crippen molar-refractivity contribution in [1.29, 1.82) is 0 Å². The number of carboxylic acid groups (broad SMARTS) is 1. The van der Waals surface area contributed by atoms with Crippen LogP contribution in [0.2, 0.25) is 0 Å². The van der Waals surface area contributed by atoms with E-state index >= 15 is 0 Å². The second kappa shape index (κ2) is 8.59. The van der Waals surface area contributed by atoms with E-state index in [0.29, 0.717) is 5.39 Å². The fourth-order valence-electron chi connectivity index (χ4n) is 2.29. The average molecular weight is 354 g/mol. The Kier molecular flexibility index (Phi) is 6.24. The molecule has 3 rings (SSSR count). The van der Waals surface area contributed by atoms with Gasteiger partial charge in [-0.3, -0.25) is 4.79 Å². The van der Waals surface area contributed by atoms with Crippen LogP contribution in [0.5, 0.6) is 11.5 Å². The zero-order chi connectivity index (χ0) is 19.1. The minimum absolute atomic E-state index is 0.0481. The molecule has 3 aromatic rings. The molecule has 3 aromatic carbocycles. The zero-order valence-corrected chi connectivity index (χ0v) is 13.7. The van der Waals surface area contributed by atoms with Gasteiger partial charge in [0.25, 0.3) is 0 Å². The predicted molar refractivity (Wildman–Crippen MR) is 98.5 cm³/mol. The van der Waals surface area contributed by atoms with Gasteiger partial charge in [0.2, 0.25) is 0 Å². The number of aliphatic carboxylic acids is 1. The lowest BCUT2D eigenvalue weighted by Crippen LogP contribution is -2.32. The molecule has 0 bridgehead atoms. The Morgan fingerprint density at radius 3 is 2.27 bits per heavy atom. The summed E-state index contributed by atoms with van der Waals surface area (Å²) in [7, 11) is 0. The molecule has 0 aliphatic rings. The molecule has 0 radical (unpaired) electrons. The van der Waals surface area contributed by atoms with Gasteiger partial charge in [0.05, 0.1) is 0 Å². The maximum absolute atomic E-state index is 10.4. The Labute approximate surface area is 149 Å². The summed E-state index contributed by atoms with van der Waals surface area (Å²) in [6.07, 6.45) is 0.273. The number of phenolic OH excluding ortho intramolecular Hbond substituents is 2. The van der Waals surface area contributed by atoms with E-state index in [0.717, 1.165) is 10.9 Å². The number of nitrogens with two attached hydrogens (primary N) is 1. The van der Waals surface area contributed by atoms with Crippen molar-refractivity contribution in [2.75, 3.05) is 0 Å². The maximum atomic E-state index is 10.4. The van der Waals surface area contributed by atoms with Gasteiger partial charge in [0.15, 0.2) is 5.75 Å². The van der Waals surface area contributed by atoms with Crippen LogP contribution < -0.4 is 5.73 Å². The van der Waals surface area contributed by atoms with Crippen molar-refractivity contribution in [3.63, 3.8) is 0 Å². The lowest BCUT2D eigenvalue weighted by molar-refractivity contribution is -0.138. The molecule has 1 unspecified atom stereocenters. The number of carbonyl (C=O) groups is 1. The van der Waals surface area contributed by atoms with Crippen molar-refractivity contribution in [3.05, 3.63) is 71.1 Å². The van der Waals surface area contributed by atoms with Gasteiger partial charge in [-0.1, -0.05) is 42.5 Å². The molecule has 0 spiro atoms. The number of hydrogen-bond donors (Lipinski definition) is 4. The van der Waals surface area contributed by atoms with Gasteiger partial charge in [0.1, 0.15) is 17.5 Å². The molecule has 0 aliphatic heterocycles. The van der Waals surface area contributed by atoms with Crippen LogP contribution in [0, 0.1) is 4.91 Å². The van der Waals surface area contributed by atoms with E-state index in [1.54, 1.807) is 30.3 Å². The maximum Gasteiger partial charge on any atom is 0.320 e. The van der Waals surface area contributed by atoms with Gasteiger partial charge in [0, 0.05) is 5.39 Å². The largest absolute Gasteiger partial charge is 0.508 e. The first-order valence-electron chi connectivity index (χ1n) is 7.72. The third-order valence-electron chi connectivity index (χ3n) is 3.69. The van der Waals surface area contributed by atoms with Crippen LogP contribution in [0.3, 0.4) is 0 Å². The normalized spacial score (nSPS) is 11.3. The van der Waals surface area contributed by atoms with E-state index in [2.05, 4.69) is 5.18 Å². The van der Waals surface area contributed by atoms with E-state index in [1.807, 2.05) is 12.1 Å². The minimum atomic E-state index is -1.02. The molecule has 0 aliphatic carbocycles.